The number of nitrogens with one attached hydrogen (secondary N) is 1. The number of hydrogen-bond donors (Lipinski definition) is 1. The van der Waals surface area contributed by atoms with Crippen molar-refractivity contribution in [2.45, 2.75) is 39.3 Å². The molecule has 3 atom stereocenters. The zero-order valence-corrected chi connectivity index (χ0v) is 11.6. The number of piperidine rings is 1. The molecule has 1 spiro atoms. The topological polar surface area (TPSA) is 18.5 Å². The molecule has 3 aliphatic rings. The standard InChI is InChI=1S/C14H27N3/c1-4-16-6-11(2)13(5-12(16)3)17-9-14(10-17)7-15-8-14/h11-13,15H,4-10H2,1-3H3/t11-,12+,13?/m0/s1. The van der Waals surface area contributed by atoms with E-state index < -0.39 is 0 Å². The van der Waals surface area contributed by atoms with Gasteiger partial charge < -0.3 is 10.2 Å². The summed E-state index contributed by atoms with van der Waals surface area (Å²) in [6.07, 6.45) is 1.37. The Balaban J connectivity index is 1.57. The lowest BCUT2D eigenvalue weighted by atomic mass is 9.72. The monoisotopic (exact) mass is 237 g/mol. The lowest BCUT2D eigenvalue weighted by Gasteiger charge is -2.60. The summed E-state index contributed by atoms with van der Waals surface area (Å²) < 4.78 is 0. The number of rotatable bonds is 2. The van der Waals surface area contributed by atoms with Gasteiger partial charge in [0.15, 0.2) is 0 Å². The van der Waals surface area contributed by atoms with Crippen LogP contribution in [0.1, 0.15) is 27.2 Å². The highest BCUT2D eigenvalue weighted by Crippen LogP contribution is 2.39. The second-order valence-corrected chi connectivity index (χ2v) is 6.73. The van der Waals surface area contributed by atoms with E-state index >= 15 is 0 Å². The van der Waals surface area contributed by atoms with Crippen molar-refractivity contribution in [1.29, 1.82) is 0 Å². The largest absolute Gasteiger partial charge is 0.315 e. The van der Waals surface area contributed by atoms with Gasteiger partial charge in [0.1, 0.15) is 0 Å². The summed E-state index contributed by atoms with van der Waals surface area (Å²) in [5.41, 5.74) is 0.685. The fraction of sp³-hybridized carbons (Fsp3) is 1.00. The molecule has 1 N–H and O–H groups in total. The summed E-state index contributed by atoms with van der Waals surface area (Å²) >= 11 is 0. The summed E-state index contributed by atoms with van der Waals surface area (Å²) in [7, 11) is 0. The maximum Gasteiger partial charge on any atom is 0.0207 e. The minimum absolute atomic E-state index is 0.685. The Morgan fingerprint density at radius 2 is 1.94 bits per heavy atom. The minimum atomic E-state index is 0.685. The van der Waals surface area contributed by atoms with Crippen LogP contribution in [0.15, 0.2) is 0 Å². The van der Waals surface area contributed by atoms with Crippen molar-refractivity contribution in [3.63, 3.8) is 0 Å². The molecule has 98 valence electrons. The molecule has 17 heavy (non-hydrogen) atoms. The van der Waals surface area contributed by atoms with Gasteiger partial charge in [0, 0.05) is 50.2 Å². The van der Waals surface area contributed by atoms with Gasteiger partial charge in [0.05, 0.1) is 0 Å². The lowest BCUT2D eigenvalue weighted by molar-refractivity contribution is -0.0966. The molecule has 3 saturated heterocycles. The second-order valence-electron chi connectivity index (χ2n) is 6.73. The highest BCUT2D eigenvalue weighted by Gasteiger charge is 2.50. The second kappa shape index (κ2) is 4.22. The highest BCUT2D eigenvalue weighted by molar-refractivity contribution is 5.07. The van der Waals surface area contributed by atoms with Crippen LogP contribution >= 0.6 is 0 Å². The maximum atomic E-state index is 3.43. The van der Waals surface area contributed by atoms with Crippen molar-refractivity contribution in [1.82, 2.24) is 15.1 Å². The molecule has 0 saturated carbocycles. The van der Waals surface area contributed by atoms with Crippen LogP contribution in [-0.4, -0.2) is 61.2 Å². The Bertz CT molecular complexity index is 279. The van der Waals surface area contributed by atoms with Crippen molar-refractivity contribution in [3.05, 3.63) is 0 Å². The van der Waals surface area contributed by atoms with Crippen LogP contribution in [0.25, 0.3) is 0 Å². The first-order valence-corrected chi connectivity index (χ1v) is 7.32. The van der Waals surface area contributed by atoms with Crippen LogP contribution in [0.3, 0.4) is 0 Å². The van der Waals surface area contributed by atoms with Crippen LogP contribution < -0.4 is 5.32 Å². The Morgan fingerprint density at radius 1 is 1.24 bits per heavy atom. The molecule has 3 fully saturated rings. The summed E-state index contributed by atoms with van der Waals surface area (Å²) in [6.45, 7) is 14.9. The predicted octanol–water partition coefficient (Wildman–Crippen LogP) is 1.01. The highest BCUT2D eigenvalue weighted by atomic mass is 15.3. The fourth-order valence-electron chi connectivity index (χ4n) is 4.10. The van der Waals surface area contributed by atoms with Crippen LogP contribution in [0, 0.1) is 11.3 Å². The van der Waals surface area contributed by atoms with Gasteiger partial charge in [-0.15, -0.1) is 0 Å². The zero-order valence-electron chi connectivity index (χ0n) is 11.6. The van der Waals surface area contributed by atoms with E-state index in [1.54, 1.807) is 0 Å². The Hall–Kier alpha value is -0.120. The molecule has 1 unspecified atom stereocenters. The van der Waals surface area contributed by atoms with E-state index in [2.05, 4.69) is 35.9 Å². The average molecular weight is 237 g/mol. The normalized spacial score (nSPS) is 42.2. The summed E-state index contributed by atoms with van der Waals surface area (Å²) in [6, 6.07) is 1.62. The van der Waals surface area contributed by atoms with Crippen LogP contribution in [-0.2, 0) is 0 Å². The number of hydrogen-bond acceptors (Lipinski definition) is 3. The van der Waals surface area contributed by atoms with Gasteiger partial charge in [0.2, 0.25) is 0 Å². The molecule has 0 aromatic carbocycles. The fourth-order valence-corrected chi connectivity index (χ4v) is 4.10. The molecular weight excluding hydrogens is 210 g/mol. The van der Waals surface area contributed by atoms with E-state index in [9.17, 15) is 0 Å². The molecule has 0 bridgehead atoms. The molecule has 0 amide bonds. The third-order valence-corrected chi connectivity index (χ3v) is 5.34. The van der Waals surface area contributed by atoms with E-state index in [0.29, 0.717) is 5.41 Å². The summed E-state index contributed by atoms with van der Waals surface area (Å²) in [5, 5.41) is 3.43. The first kappa shape index (κ1) is 11.9. The molecule has 3 heterocycles. The van der Waals surface area contributed by atoms with Crippen LogP contribution in [0.4, 0.5) is 0 Å². The quantitative estimate of drug-likeness (QED) is 0.773. The molecule has 3 aliphatic heterocycles. The molecule has 0 radical (unpaired) electrons. The van der Waals surface area contributed by atoms with E-state index in [0.717, 1.165) is 18.0 Å². The maximum absolute atomic E-state index is 3.43. The third kappa shape index (κ3) is 1.92. The van der Waals surface area contributed by atoms with Crippen molar-refractivity contribution < 1.29 is 0 Å². The summed E-state index contributed by atoms with van der Waals surface area (Å²) in [4.78, 5) is 5.40. The Labute approximate surface area is 106 Å². The van der Waals surface area contributed by atoms with Crippen LogP contribution in [0.2, 0.25) is 0 Å². The zero-order chi connectivity index (χ0) is 12.0. The molecular formula is C14H27N3. The first-order chi connectivity index (χ1) is 8.13. The van der Waals surface area contributed by atoms with Crippen LogP contribution in [0.5, 0.6) is 0 Å². The predicted molar refractivity (Wildman–Crippen MR) is 71.2 cm³/mol. The van der Waals surface area contributed by atoms with Gasteiger partial charge in [0.25, 0.3) is 0 Å². The van der Waals surface area contributed by atoms with Gasteiger partial charge in [-0.3, -0.25) is 4.90 Å². The summed E-state index contributed by atoms with van der Waals surface area (Å²) in [5.74, 6) is 0.844. The molecule has 3 heteroatoms. The van der Waals surface area contributed by atoms with Gasteiger partial charge >= 0.3 is 0 Å². The number of likely N-dealkylation sites (tertiary alicyclic amines) is 2. The Morgan fingerprint density at radius 3 is 2.47 bits per heavy atom. The van der Waals surface area contributed by atoms with Gasteiger partial charge in [-0.1, -0.05) is 13.8 Å². The molecule has 0 aliphatic carbocycles. The first-order valence-electron chi connectivity index (χ1n) is 7.32. The number of nitrogens with zero attached hydrogens (tertiary/aromatic N) is 2. The van der Waals surface area contributed by atoms with Crippen molar-refractivity contribution >= 4 is 0 Å². The minimum Gasteiger partial charge on any atom is -0.315 e. The molecule has 3 nitrogen and oxygen atoms in total. The van der Waals surface area contributed by atoms with Gasteiger partial charge in [-0.2, -0.15) is 0 Å². The van der Waals surface area contributed by atoms with Crippen molar-refractivity contribution in [2.24, 2.45) is 11.3 Å². The average Bonchev–Trinajstić information content (AvgIpc) is 2.18. The lowest BCUT2D eigenvalue weighted by Crippen LogP contribution is -2.74. The van der Waals surface area contributed by atoms with Gasteiger partial charge in [-0.05, 0) is 25.8 Å². The molecule has 3 rings (SSSR count). The smallest absolute Gasteiger partial charge is 0.0207 e. The van der Waals surface area contributed by atoms with E-state index in [4.69, 9.17) is 0 Å². The Kier molecular flexibility index (Phi) is 2.96. The molecule has 0 aromatic heterocycles. The van der Waals surface area contributed by atoms with E-state index in [1.165, 1.54) is 45.7 Å². The van der Waals surface area contributed by atoms with E-state index in [1.807, 2.05) is 0 Å². The van der Waals surface area contributed by atoms with E-state index in [-0.39, 0.29) is 0 Å². The third-order valence-electron chi connectivity index (χ3n) is 5.34. The van der Waals surface area contributed by atoms with Gasteiger partial charge in [-0.25, -0.2) is 0 Å². The molecule has 0 aromatic rings. The van der Waals surface area contributed by atoms with Crippen molar-refractivity contribution in [2.75, 3.05) is 39.3 Å². The SMILES string of the molecule is CCN1C[C@H](C)C(N2CC3(CNC3)C2)C[C@H]1C. The van der Waals surface area contributed by atoms with Crippen molar-refractivity contribution in [3.8, 4) is 0 Å².